The van der Waals surface area contributed by atoms with Gasteiger partial charge in [0.05, 0.1) is 6.54 Å². The molecule has 18 heavy (non-hydrogen) atoms. The van der Waals surface area contributed by atoms with Crippen molar-refractivity contribution in [3.63, 3.8) is 0 Å². The number of carbonyl (C=O) groups excluding carboxylic acids is 1. The Morgan fingerprint density at radius 1 is 1.61 bits per heavy atom. The first-order chi connectivity index (χ1) is 8.81. The fraction of sp³-hybridized carbons (Fsp3) is 0.429. The minimum absolute atomic E-state index is 0.156. The Morgan fingerprint density at radius 3 is 3.06 bits per heavy atom. The summed E-state index contributed by atoms with van der Waals surface area (Å²) < 4.78 is 0. The second kappa shape index (κ2) is 6.31. The number of aromatic nitrogens is 1. The van der Waals surface area contributed by atoms with E-state index in [2.05, 4.69) is 16.9 Å². The molecule has 0 saturated heterocycles. The van der Waals surface area contributed by atoms with Crippen LogP contribution < -0.4 is 5.32 Å². The van der Waals surface area contributed by atoms with Crippen molar-refractivity contribution in [2.24, 2.45) is 0 Å². The molecule has 0 bridgehead atoms. The molecule has 2 rings (SSSR count). The Balaban J connectivity index is 1.91. The molecule has 4 nitrogen and oxygen atoms in total. The molecule has 1 saturated carbocycles. The maximum atomic E-state index is 12.1. The SMILES string of the molecule is C=CCNCC(=O)N(Cc1cccnc1)C1CC1. The van der Waals surface area contributed by atoms with E-state index < -0.39 is 0 Å². The van der Waals surface area contributed by atoms with Gasteiger partial charge in [-0.15, -0.1) is 6.58 Å². The zero-order valence-electron chi connectivity index (χ0n) is 10.5. The molecule has 1 aromatic heterocycles. The van der Waals surface area contributed by atoms with Crippen LogP contribution in [0.4, 0.5) is 0 Å². The van der Waals surface area contributed by atoms with Crippen LogP contribution in [0.5, 0.6) is 0 Å². The lowest BCUT2D eigenvalue weighted by molar-refractivity contribution is -0.131. The predicted molar refractivity (Wildman–Crippen MR) is 70.9 cm³/mol. The van der Waals surface area contributed by atoms with Crippen LogP contribution in [-0.2, 0) is 11.3 Å². The minimum Gasteiger partial charge on any atom is -0.334 e. The Labute approximate surface area is 108 Å². The maximum absolute atomic E-state index is 12.1. The average molecular weight is 245 g/mol. The molecule has 1 aromatic rings. The van der Waals surface area contributed by atoms with E-state index in [-0.39, 0.29) is 5.91 Å². The van der Waals surface area contributed by atoms with Crippen LogP contribution >= 0.6 is 0 Å². The number of hydrogen-bond acceptors (Lipinski definition) is 3. The molecule has 4 heteroatoms. The van der Waals surface area contributed by atoms with Gasteiger partial charge in [-0.2, -0.15) is 0 Å². The van der Waals surface area contributed by atoms with Crippen LogP contribution in [0.15, 0.2) is 37.2 Å². The van der Waals surface area contributed by atoms with Crippen molar-refractivity contribution in [1.82, 2.24) is 15.2 Å². The summed E-state index contributed by atoms with van der Waals surface area (Å²) >= 11 is 0. The average Bonchev–Trinajstić information content (AvgIpc) is 3.21. The van der Waals surface area contributed by atoms with Crippen molar-refractivity contribution >= 4 is 5.91 Å². The largest absolute Gasteiger partial charge is 0.334 e. The number of amides is 1. The molecule has 1 aliphatic rings. The highest BCUT2D eigenvalue weighted by molar-refractivity contribution is 5.79. The molecular weight excluding hydrogens is 226 g/mol. The van der Waals surface area contributed by atoms with Crippen LogP contribution in [0.3, 0.4) is 0 Å². The van der Waals surface area contributed by atoms with Crippen molar-refractivity contribution in [3.8, 4) is 0 Å². The van der Waals surface area contributed by atoms with Gasteiger partial charge in [0.15, 0.2) is 0 Å². The molecule has 1 fully saturated rings. The van der Waals surface area contributed by atoms with Crippen LogP contribution in [0.1, 0.15) is 18.4 Å². The molecule has 1 N–H and O–H groups in total. The zero-order valence-corrected chi connectivity index (χ0v) is 10.5. The van der Waals surface area contributed by atoms with E-state index in [1.807, 2.05) is 23.2 Å². The molecule has 0 aliphatic heterocycles. The van der Waals surface area contributed by atoms with Gasteiger partial charge in [-0.25, -0.2) is 0 Å². The van der Waals surface area contributed by atoms with Gasteiger partial charge in [-0.05, 0) is 24.5 Å². The summed E-state index contributed by atoms with van der Waals surface area (Å²) in [4.78, 5) is 18.1. The third-order valence-corrected chi connectivity index (χ3v) is 2.95. The number of nitrogens with one attached hydrogen (secondary N) is 1. The lowest BCUT2D eigenvalue weighted by Gasteiger charge is -2.22. The Hall–Kier alpha value is -1.68. The highest BCUT2D eigenvalue weighted by atomic mass is 16.2. The molecular formula is C14H19N3O. The van der Waals surface area contributed by atoms with Crippen LogP contribution in [-0.4, -0.2) is 34.9 Å². The standard InChI is InChI=1S/C14H19N3O/c1-2-7-15-10-14(18)17(13-5-6-13)11-12-4-3-8-16-9-12/h2-4,8-9,13,15H,1,5-7,10-11H2. The molecule has 0 spiro atoms. The summed E-state index contributed by atoms with van der Waals surface area (Å²) in [5.74, 6) is 0.156. The smallest absolute Gasteiger partial charge is 0.237 e. The van der Waals surface area contributed by atoms with E-state index >= 15 is 0 Å². The van der Waals surface area contributed by atoms with Crippen molar-refractivity contribution < 1.29 is 4.79 Å². The highest BCUT2D eigenvalue weighted by Gasteiger charge is 2.32. The summed E-state index contributed by atoms with van der Waals surface area (Å²) in [6, 6.07) is 4.33. The topological polar surface area (TPSA) is 45.2 Å². The second-order valence-electron chi connectivity index (χ2n) is 4.53. The number of carbonyl (C=O) groups is 1. The Morgan fingerprint density at radius 2 is 2.44 bits per heavy atom. The van der Waals surface area contributed by atoms with Crippen molar-refractivity contribution in [3.05, 3.63) is 42.7 Å². The second-order valence-corrected chi connectivity index (χ2v) is 4.53. The van der Waals surface area contributed by atoms with E-state index in [4.69, 9.17) is 0 Å². The lowest BCUT2D eigenvalue weighted by Crippen LogP contribution is -2.39. The summed E-state index contributed by atoms with van der Waals surface area (Å²) in [6.45, 7) is 5.32. The molecule has 1 amide bonds. The van der Waals surface area contributed by atoms with Gasteiger partial charge >= 0.3 is 0 Å². The highest BCUT2D eigenvalue weighted by Crippen LogP contribution is 2.28. The van der Waals surface area contributed by atoms with Crippen molar-refractivity contribution in [2.75, 3.05) is 13.1 Å². The van der Waals surface area contributed by atoms with E-state index in [1.165, 1.54) is 0 Å². The minimum atomic E-state index is 0.156. The number of rotatable bonds is 7. The van der Waals surface area contributed by atoms with Gasteiger partial charge in [0.1, 0.15) is 0 Å². The fourth-order valence-electron chi connectivity index (χ4n) is 1.88. The van der Waals surface area contributed by atoms with Crippen LogP contribution in [0, 0.1) is 0 Å². The van der Waals surface area contributed by atoms with Gasteiger partial charge in [0.25, 0.3) is 0 Å². The first-order valence-corrected chi connectivity index (χ1v) is 6.31. The van der Waals surface area contributed by atoms with Gasteiger partial charge in [0, 0.05) is 31.5 Å². The molecule has 0 unspecified atom stereocenters. The van der Waals surface area contributed by atoms with Gasteiger partial charge in [-0.1, -0.05) is 12.1 Å². The Bertz CT molecular complexity index is 401. The number of hydrogen-bond donors (Lipinski definition) is 1. The van der Waals surface area contributed by atoms with Gasteiger partial charge < -0.3 is 10.2 Å². The molecule has 0 aromatic carbocycles. The molecule has 0 atom stereocenters. The van der Waals surface area contributed by atoms with E-state index in [0.717, 1.165) is 18.4 Å². The van der Waals surface area contributed by atoms with E-state index in [0.29, 0.717) is 25.7 Å². The summed E-state index contributed by atoms with van der Waals surface area (Å²) in [7, 11) is 0. The lowest BCUT2D eigenvalue weighted by atomic mass is 10.2. The van der Waals surface area contributed by atoms with Gasteiger partial charge in [0.2, 0.25) is 5.91 Å². The number of pyridine rings is 1. The summed E-state index contributed by atoms with van der Waals surface area (Å²) in [5.41, 5.74) is 1.08. The van der Waals surface area contributed by atoms with E-state index in [9.17, 15) is 4.79 Å². The molecule has 1 aliphatic carbocycles. The third kappa shape index (κ3) is 3.67. The van der Waals surface area contributed by atoms with Crippen LogP contribution in [0.25, 0.3) is 0 Å². The fourth-order valence-corrected chi connectivity index (χ4v) is 1.88. The van der Waals surface area contributed by atoms with E-state index in [1.54, 1.807) is 12.3 Å². The maximum Gasteiger partial charge on any atom is 0.237 e. The predicted octanol–water partition coefficient (Wildman–Crippen LogP) is 1.35. The summed E-state index contributed by atoms with van der Waals surface area (Å²) in [5, 5.41) is 3.06. The molecule has 0 radical (unpaired) electrons. The number of nitrogens with zero attached hydrogens (tertiary/aromatic N) is 2. The van der Waals surface area contributed by atoms with Crippen molar-refractivity contribution in [1.29, 1.82) is 0 Å². The van der Waals surface area contributed by atoms with Crippen molar-refractivity contribution in [2.45, 2.75) is 25.4 Å². The van der Waals surface area contributed by atoms with Crippen LogP contribution in [0.2, 0.25) is 0 Å². The first-order valence-electron chi connectivity index (χ1n) is 6.31. The first kappa shape index (κ1) is 12.8. The monoisotopic (exact) mass is 245 g/mol. The third-order valence-electron chi connectivity index (χ3n) is 2.95. The summed E-state index contributed by atoms with van der Waals surface area (Å²) in [6.07, 6.45) is 7.56. The molecule has 1 heterocycles. The molecule has 96 valence electrons. The zero-order chi connectivity index (χ0) is 12.8. The van der Waals surface area contributed by atoms with Gasteiger partial charge in [-0.3, -0.25) is 9.78 Å². The quantitative estimate of drug-likeness (QED) is 0.582. The Kier molecular flexibility index (Phi) is 4.47. The normalized spacial score (nSPS) is 14.2.